The number of hydrogen-bond donors (Lipinski definition) is 0. The van der Waals surface area contributed by atoms with Crippen molar-refractivity contribution >= 4 is 12.3 Å². The number of hydrogen-bond acceptors (Lipinski definition) is 6. The van der Waals surface area contributed by atoms with Crippen molar-refractivity contribution in [2.24, 2.45) is 0 Å². The second-order valence-electron chi connectivity index (χ2n) is 11.0. The van der Waals surface area contributed by atoms with Crippen LogP contribution in [0, 0.1) is 0 Å². The number of rotatable bonds is 26. The zero-order valence-corrected chi connectivity index (χ0v) is 27.7. The molecule has 0 fully saturated rings. The fourth-order valence-corrected chi connectivity index (χ4v) is 4.54. The minimum atomic E-state index is -2.33. The predicted molar refractivity (Wildman–Crippen MR) is 166 cm³/mol. The Morgan fingerprint density at radius 2 is 0.366 bits per heavy atom. The zero-order chi connectivity index (χ0) is 31.0. The lowest BCUT2D eigenvalue weighted by molar-refractivity contribution is -0.417. The third-order valence-electron chi connectivity index (χ3n) is 6.91. The average Bonchev–Trinajstić information content (AvgIpc) is 2.90. The van der Waals surface area contributed by atoms with E-state index in [2.05, 4.69) is 27.7 Å². The molecule has 0 spiro atoms. The van der Waals surface area contributed by atoms with Crippen molar-refractivity contribution in [3.63, 3.8) is 0 Å². The first-order valence-electron chi connectivity index (χ1n) is 17.1. The van der Waals surface area contributed by atoms with Gasteiger partial charge in [-0.05, 0) is 12.3 Å². The van der Waals surface area contributed by atoms with Gasteiger partial charge in [0.25, 0.3) is 0 Å². The van der Waals surface area contributed by atoms with E-state index >= 15 is 0 Å². The van der Waals surface area contributed by atoms with Gasteiger partial charge in [0.15, 0.2) is 0 Å². The Kier molecular flexibility index (Phi) is 61.5. The van der Waals surface area contributed by atoms with Crippen LogP contribution in [0.25, 0.3) is 0 Å². The highest BCUT2D eigenvalue weighted by atomic mass is 16.6. The van der Waals surface area contributed by atoms with Crippen molar-refractivity contribution < 1.29 is 35.5 Å². The maximum Gasteiger partial charge on any atom is -0.0431 e. The summed E-state index contributed by atoms with van der Waals surface area (Å²) < 4.78 is 0. The Morgan fingerprint density at radius 3 is 0.439 bits per heavy atom. The summed E-state index contributed by atoms with van der Waals surface area (Å²) in [6.07, 6.45) is 36.2. The third kappa shape index (κ3) is 85.5. The fourth-order valence-electron chi connectivity index (χ4n) is 4.54. The van der Waals surface area contributed by atoms with E-state index in [4.69, 9.17) is 30.0 Å². The average molecular weight is 591 g/mol. The van der Waals surface area contributed by atoms with Gasteiger partial charge in [0.05, 0.1) is 0 Å². The van der Waals surface area contributed by atoms with E-state index in [-0.39, 0.29) is 5.48 Å². The zero-order valence-electron chi connectivity index (χ0n) is 27.7. The van der Waals surface area contributed by atoms with Crippen LogP contribution in [-0.4, -0.2) is 17.8 Å². The van der Waals surface area contributed by atoms with Gasteiger partial charge in [-0.15, -0.1) is 0 Å². The van der Waals surface area contributed by atoms with Crippen molar-refractivity contribution in [3.8, 4) is 0 Å². The second kappa shape index (κ2) is 51.3. The molecule has 0 saturated carbocycles. The summed E-state index contributed by atoms with van der Waals surface area (Å²) in [6.45, 7) is 9.16. The normalized spacial score (nSPS) is 9.66. The lowest BCUT2D eigenvalue weighted by Crippen LogP contribution is -2.37. The molecule has 0 unspecified atom stereocenters. The summed E-state index contributed by atoms with van der Waals surface area (Å²) in [4.78, 5) is 16.7. The molecular formula is C34H70O7-4. The van der Waals surface area contributed by atoms with Crippen LogP contribution in [0.1, 0.15) is 207 Å². The summed E-state index contributed by atoms with van der Waals surface area (Å²) >= 11 is 0. The van der Waals surface area contributed by atoms with Crippen LogP contribution >= 0.6 is 0 Å². The number of carbonyl (C=O) groups is 2. The minimum absolute atomic E-state index is 0. The molecule has 0 atom stereocenters. The first kappa shape index (κ1) is 49.2. The van der Waals surface area contributed by atoms with Crippen molar-refractivity contribution in [2.75, 3.05) is 0 Å². The molecule has 7 nitrogen and oxygen atoms in total. The van der Waals surface area contributed by atoms with E-state index in [9.17, 15) is 0 Å². The monoisotopic (exact) mass is 591 g/mol. The Hall–Kier alpha value is -1.50. The van der Waals surface area contributed by atoms with E-state index in [0.29, 0.717) is 0 Å². The molecule has 7 heteroatoms. The smallest absolute Gasteiger partial charge is 0.0431 e. The summed E-state index contributed by atoms with van der Waals surface area (Å²) in [5, 5.41) is 33.3. The van der Waals surface area contributed by atoms with Crippen LogP contribution in [0.2, 0.25) is 0 Å². The molecule has 41 heavy (non-hydrogen) atoms. The molecule has 0 aliphatic carbocycles. The Morgan fingerprint density at radius 1 is 0.293 bits per heavy atom. The molecule has 0 radical (unpaired) electrons. The Bertz CT molecular complexity index is 369. The van der Waals surface area contributed by atoms with E-state index in [0.717, 1.165) is 0 Å². The SMILES string of the molecule is CCCCCCCCCCCCCCCC.CCCCCCCCCCCCCCCC.O.O=C([O-])[O-].O=C([O-])[O-]. The van der Waals surface area contributed by atoms with Crippen molar-refractivity contribution in [1.82, 2.24) is 0 Å². The molecule has 252 valence electrons. The maximum absolute atomic E-state index is 8.33. The first-order chi connectivity index (χ1) is 19.3. The lowest BCUT2D eigenvalue weighted by Gasteiger charge is -2.02. The molecule has 0 heterocycles. The number of carboxylic acid groups (broad SMARTS) is 4. The van der Waals surface area contributed by atoms with Crippen molar-refractivity contribution in [1.29, 1.82) is 0 Å². The Balaban J connectivity index is -0.000000163. The number of unbranched alkanes of at least 4 members (excludes halogenated alkanes) is 26. The number of carbonyl (C=O) groups excluding carboxylic acids is 2. The first-order valence-corrected chi connectivity index (χ1v) is 17.1. The Labute approximate surface area is 255 Å². The minimum Gasteiger partial charge on any atom is -0.652 e. The van der Waals surface area contributed by atoms with Gasteiger partial charge in [-0.1, -0.05) is 207 Å². The summed E-state index contributed by atoms with van der Waals surface area (Å²) in [5.41, 5.74) is 0. The van der Waals surface area contributed by atoms with E-state index < -0.39 is 12.3 Å². The highest BCUT2D eigenvalue weighted by Gasteiger charge is 1.94. The van der Waals surface area contributed by atoms with E-state index in [1.165, 1.54) is 180 Å². The van der Waals surface area contributed by atoms with Gasteiger partial charge in [-0.2, -0.15) is 0 Å². The molecule has 0 amide bonds. The molecule has 2 N–H and O–H groups in total. The molecule has 0 aliphatic rings. The molecule has 0 aromatic rings. The van der Waals surface area contributed by atoms with Gasteiger partial charge >= 0.3 is 0 Å². The summed E-state index contributed by atoms with van der Waals surface area (Å²) in [7, 11) is 0. The molecule has 0 aromatic heterocycles. The van der Waals surface area contributed by atoms with Gasteiger partial charge < -0.3 is 35.5 Å². The molecule has 0 bridgehead atoms. The fraction of sp³-hybridized carbons (Fsp3) is 0.941. The van der Waals surface area contributed by atoms with Crippen LogP contribution in [0.5, 0.6) is 0 Å². The van der Waals surface area contributed by atoms with Gasteiger partial charge in [0.2, 0.25) is 0 Å². The van der Waals surface area contributed by atoms with Crippen LogP contribution in [-0.2, 0) is 0 Å². The second-order valence-corrected chi connectivity index (χ2v) is 11.0. The van der Waals surface area contributed by atoms with E-state index in [1.807, 2.05) is 0 Å². The van der Waals surface area contributed by atoms with Crippen molar-refractivity contribution in [3.05, 3.63) is 0 Å². The van der Waals surface area contributed by atoms with Gasteiger partial charge in [0, 0.05) is 0 Å². The molecule has 0 aliphatic heterocycles. The highest BCUT2D eigenvalue weighted by molar-refractivity contribution is 5.47. The van der Waals surface area contributed by atoms with Crippen molar-refractivity contribution in [2.45, 2.75) is 207 Å². The van der Waals surface area contributed by atoms with Crippen LogP contribution in [0.3, 0.4) is 0 Å². The summed E-state index contributed by atoms with van der Waals surface area (Å²) in [5.74, 6) is 0. The van der Waals surface area contributed by atoms with E-state index in [1.54, 1.807) is 0 Å². The van der Waals surface area contributed by atoms with Gasteiger partial charge in [-0.25, -0.2) is 0 Å². The standard InChI is InChI=1S/2C16H34.2CH2O3.H2O/c2*1-3-5-7-9-11-13-15-16-14-12-10-8-6-4-2;2*2-1(3)4;/h2*3-16H2,1-2H3;2*(H2,2,3,4);1H2/p-4. The maximum atomic E-state index is 8.33. The third-order valence-corrected chi connectivity index (χ3v) is 6.91. The topological polar surface area (TPSA) is 158 Å². The largest absolute Gasteiger partial charge is 0.652 e. The van der Waals surface area contributed by atoms with Gasteiger partial charge in [0.1, 0.15) is 0 Å². The highest BCUT2D eigenvalue weighted by Crippen LogP contribution is 2.14. The van der Waals surface area contributed by atoms with Crippen LogP contribution < -0.4 is 20.4 Å². The summed E-state index contributed by atoms with van der Waals surface area (Å²) in [6, 6.07) is 0. The lowest BCUT2D eigenvalue weighted by atomic mass is 10.0. The molecule has 0 aromatic carbocycles. The molecule has 0 saturated heterocycles. The molecular weight excluding hydrogens is 520 g/mol. The van der Waals surface area contributed by atoms with Crippen LogP contribution in [0.15, 0.2) is 0 Å². The quantitative estimate of drug-likeness (QED) is 0.0964. The predicted octanol–water partition coefficient (Wildman–Crippen LogP) is 7.26. The van der Waals surface area contributed by atoms with Gasteiger partial charge in [-0.3, -0.25) is 0 Å². The van der Waals surface area contributed by atoms with Crippen LogP contribution in [0.4, 0.5) is 9.59 Å². The molecule has 0 rings (SSSR count).